The molecule has 2 aromatic rings. The third-order valence-electron chi connectivity index (χ3n) is 1.71. The van der Waals surface area contributed by atoms with E-state index in [0.29, 0.717) is 16.9 Å². The van der Waals surface area contributed by atoms with Crippen molar-refractivity contribution in [3.8, 4) is 0 Å². The molecule has 0 aliphatic rings. The molecule has 6 nitrogen and oxygen atoms in total. The van der Waals surface area contributed by atoms with Gasteiger partial charge in [-0.2, -0.15) is 9.97 Å². The summed E-state index contributed by atoms with van der Waals surface area (Å²) >= 11 is -1.20. The normalized spacial score (nSPS) is 13.3. The number of imidazole rings is 1. The SMILES string of the molecule is CC[S+]([O-])c1ncc2[nH]c(=O)[nH]c2n1. The van der Waals surface area contributed by atoms with Crippen molar-refractivity contribution >= 4 is 22.3 Å². The number of nitrogens with one attached hydrogen (secondary N) is 2. The molecule has 0 bridgehead atoms. The van der Waals surface area contributed by atoms with Crippen LogP contribution in [0.3, 0.4) is 0 Å². The highest BCUT2D eigenvalue weighted by Crippen LogP contribution is 2.07. The van der Waals surface area contributed by atoms with Gasteiger partial charge in [0.15, 0.2) is 5.65 Å². The molecule has 0 amide bonds. The molecule has 2 heterocycles. The fraction of sp³-hybridized carbons (Fsp3) is 0.286. The monoisotopic (exact) mass is 212 g/mol. The molecule has 0 aromatic carbocycles. The first-order valence-corrected chi connectivity index (χ1v) is 5.36. The van der Waals surface area contributed by atoms with E-state index in [-0.39, 0.29) is 10.8 Å². The number of hydrogen-bond donors (Lipinski definition) is 2. The minimum Gasteiger partial charge on any atom is -0.609 e. The van der Waals surface area contributed by atoms with Crippen LogP contribution in [0.2, 0.25) is 0 Å². The summed E-state index contributed by atoms with van der Waals surface area (Å²) in [7, 11) is 0. The Morgan fingerprint density at radius 3 is 3.07 bits per heavy atom. The van der Waals surface area contributed by atoms with Crippen LogP contribution < -0.4 is 5.69 Å². The van der Waals surface area contributed by atoms with E-state index in [0.717, 1.165) is 0 Å². The molecule has 7 heteroatoms. The Kier molecular flexibility index (Phi) is 2.26. The third-order valence-corrected chi connectivity index (χ3v) is 2.84. The van der Waals surface area contributed by atoms with Gasteiger partial charge in [-0.15, -0.1) is 0 Å². The van der Waals surface area contributed by atoms with Gasteiger partial charge < -0.3 is 9.54 Å². The zero-order valence-electron chi connectivity index (χ0n) is 7.40. The van der Waals surface area contributed by atoms with Gasteiger partial charge >= 0.3 is 10.8 Å². The molecule has 14 heavy (non-hydrogen) atoms. The van der Waals surface area contributed by atoms with Crippen LogP contribution in [0, 0.1) is 0 Å². The van der Waals surface area contributed by atoms with E-state index >= 15 is 0 Å². The van der Waals surface area contributed by atoms with E-state index in [1.165, 1.54) is 6.20 Å². The Labute approximate surface area is 82.0 Å². The minimum absolute atomic E-state index is 0.246. The quantitative estimate of drug-likeness (QED) is 0.531. The van der Waals surface area contributed by atoms with Gasteiger partial charge in [-0.3, -0.25) is 4.98 Å². The van der Waals surface area contributed by atoms with Crippen molar-refractivity contribution in [1.82, 2.24) is 19.9 Å². The minimum atomic E-state index is -1.20. The van der Waals surface area contributed by atoms with Crippen LogP contribution in [-0.4, -0.2) is 30.2 Å². The molecule has 0 spiro atoms. The topological polar surface area (TPSA) is 97.5 Å². The second-order valence-corrected chi connectivity index (χ2v) is 4.26. The van der Waals surface area contributed by atoms with Crippen LogP contribution in [0.25, 0.3) is 11.2 Å². The molecule has 1 unspecified atom stereocenters. The van der Waals surface area contributed by atoms with Crippen LogP contribution in [0.4, 0.5) is 0 Å². The molecule has 1 atom stereocenters. The van der Waals surface area contributed by atoms with E-state index in [4.69, 9.17) is 0 Å². The summed E-state index contributed by atoms with van der Waals surface area (Å²) in [4.78, 5) is 23.7. The molecule has 0 aliphatic heterocycles. The first-order valence-electron chi connectivity index (χ1n) is 4.04. The van der Waals surface area contributed by atoms with Crippen molar-refractivity contribution in [1.29, 1.82) is 0 Å². The van der Waals surface area contributed by atoms with Crippen molar-refractivity contribution in [3.63, 3.8) is 0 Å². The van der Waals surface area contributed by atoms with Crippen molar-refractivity contribution in [2.24, 2.45) is 0 Å². The predicted octanol–water partition coefficient (Wildman–Crippen LogP) is -0.226. The Morgan fingerprint density at radius 2 is 2.36 bits per heavy atom. The standard InChI is InChI=1S/C7H8N4O2S/c1-2-14(13)7-8-3-4-5(11-7)10-6(12)9-4/h3H,2H2,1H3,(H2,8,9,10,11,12). The summed E-state index contributed by atoms with van der Waals surface area (Å²) < 4.78 is 11.3. The molecule has 0 radical (unpaired) electrons. The maximum absolute atomic E-state index is 11.3. The first kappa shape index (κ1) is 9.22. The second-order valence-electron chi connectivity index (χ2n) is 2.63. The maximum Gasteiger partial charge on any atom is 0.344 e. The van der Waals surface area contributed by atoms with Crippen LogP contribution in [-0.2, 0) is 11.2 Å². The largest absolute Gasteiger partial charge is 0.609 e. The number of aromatic amines is 2. The summed E-state index contributed by atoms with van der Waals surface area (Å²) in [5.74, 6) is 0.458. The second kappa shape index (κ2) is 3.43. The average Bonchev–Trinajstić information content (AvgIpc) is 2.55. The summed E-state index contributed by atoms with van der Waals surface area (Å²) in [6, 6.07) is 0. The zero-order valence-corrected chi connectivity index (χ0v) is 8.22. The number of rotatable bonds is 2. The van der Waals surface area contributed by atoms with Gasteiger partial charge in [0.25, 0.3) is 0 Å². The lowest BCUT2D eigenvalue weighted by Crippen LogP contribution is -2.08. The summed E-state index contributed by atoms with van der Waals surface area (Å²) in [6.07, 6.45) is 1.45. The number of nitrogens with zero attached hydrogens (tertiary/aromatic N) is 2. The number of fused-ring (bicyclic) bond motifs is 1. The maximum atomic E-state index is 11.3. The van der Waals surface area contributed by atoms with Crippen LogP contribution in [0.15, 0.2) is 16.1 Å². The molecule has 0 aliphatic carbocycles. The van der Waals surface area contributed by atoms with E-state index in [2.05, 4.69) is 19.9 Å². The molecule has 2 aromatic heterocycles. The van der Waals surface area contributed by atoms with E-state index in [1.807, 2.05) is 0 Å². The summed E-state index contributed by atoms with van der Waals surface area (Å²) in [6.45, 7) is 1.78. The summed E-state index contributed by atoms with van der Waals surface area (Å²) in [5, 5.41) is 0.246. The van der Waals surface area contributed by atoms with Gasteiger partial charge in [-0.1, -0.05) is 0 Å². The smallest absolute Gasteiger partial charge is 0.344 e. The first-order chi connectivity index (χ1) is 6.70. The Hall–Kier alpha value is -1.34. The zero-order chi connectivity index (χ0) is 10.1. The lowest BCUT2D eigenvalue weighted by molar-refractivity contribution is 0.588. The molecule has 0 saturated carbocycles. The lowest BCUT2D eigenvalue weighted by Gasteiger charge is -2.03. The lowest BCUT2D eigenvalue weighted by atomic mass is 10.6. The van der Waals surface area contributed by atoms with Gasteiger partial charge in [0.05, 0.1) is 6.20 Å². The molecule has 0 fully saturated rings. The van der Waals surface area contributed by atoms with Crippen molar-refractivity contribution in [3.05, 3.63) is 16.7 Å². The van der Waals surface area contributed by atoms with Gasteiger partial charge in [0, 0.05) is 11.2 Å². The highest BCUT2D eigenvalue weighted by atomic mass is 32.2. The Balaban J connectivity index is 2.55. The Bertz CT molecular complexity index is 506. The van der Waals surface area contributed by atoms with E-state index < -0.39 is 11.2 Å². The van der Waals surface area contributed by atoms with Crippen molar-refractivity contribution in [2.45, 2.75) is 12.1 Å². The molecule has 2 N–H and O–H groups in total. The van der Waals surface area contributed by atoms with E-state index in [9.17, 15) is 9.35 Å². The highest BCUT2D eigenvalue weighted by Gasteiger charge is 2.13. The van der Waals surface area contributed by atoms with Gasteiger partial charge in [-0.05, 0) is 6.92 Å². The Morgan fingerprint density at radius 1 is 1.57 bits per heavy atom. The van der Waals surface area contributed by atoms with Gasteiger partial charge in [0.1, 0.15) is 11.3 Å². The number of aromatic nitrogens is 4. The van der Waals surface area contributed by atoms with E-state index in [1.54, 1.807) is 6.92 Å². The van der Waals surface area contributed by atoms with Gasteiger partial charge in [-0.25, -0.2) is 4.79 Å². The molecule has 74 valence electrons. The molecular weight excluding hydrogens is 204 g/mol. The van der Waals surface area contributed by atoms with Crippen LogP contribution >= 0.6 is 0 Å². The predicted molar refractivity (Wildman–Crippen MR) is 51.5 cm³/mol. The van der Waals surface area contributed by atoms with Crippen molar-refractivity contribution < 1.29 is 4.55 Å². The fourth-order valence-electron chi connectivity index (χ4n) is 1.05. The molecular formula is C7H8N4O2S. The van der Waals surface area contributed by atoms with Crippen LogP contribution in [0.5, 0.6) is 0 Å². The number of hydrogen-bond acceptors (Lipinski definition) is 4. The van der Waals surface area contributed by atoms with Crippen molar-refractivity contribution in [2.75, 3.05) is 5.75 Å². The average molecular weight is 212 g/mol. The van der Waals surface area contributed by atoms with Crippen LogP contribution in [0.1, 0.15) is 6.92 Å². The molecule has 0 saturated heterocycles. The summed E-state index contributed by atoms with van der Waals surface area (Å²) in [5.41, 5.74) is 0.572. The fourth-order valence-corrected chi connectivity index (χ4v) is 1.67. The third kappa shape index (κ3) is 1.51. The molecule has 2 rings (SSSR count). The van der Waals surface area contributed by atoms with Gasteiger partial charge in [0.2, 0.25) is 0 Å². The number of H-pyrrole nitrogens is 2. The highest BCUT2D eigenvalue weighted by molar-refractivity contribution is 7.91.